The van der Waals surface area contributed by atoms with Crippen LogP contribution in [0.2, 0.25) is 0 Å². The molecular weight excluding hydrogens is 528 g/mol. The van der Waals surface area contributed by atoms with Crippen LogP contribution < -0.4 is 15.0 Å². The number of aryl methyl sites for hydroxylation is 1. The number of hydrogen-bond donors (Lipinski definition) is 2. The Morgan fingerprint density at radius 2 is 1.93 bits per heavy atom. The third-order valence-electron chi connectivity index (χ3n) is 7.25. The fraction of sp³-hybridized carbons (Fsp3) is 0.310. The first-order valence-electron chi connectivity index (χ1n) is 13.5. The second kappa shape index (κ2) is 10.4. The molecule has 1 aliphatic rings. The summed E-state index contributed by atoms with van der Waals surface area (Å²) >= 11 is 0. The van der Waals surface area contributed by atoms with Crippen LogP contribution in [0.25, 0.3) is 27.8 Å². The Bertz CT molecular complexity index is 1890. The zero-order valence-electron chi connectivity index (χ0n) is 22.3. The molecular formula is C29H30N6O4S. The average Bonchev–Trinajstić information content (AvgIpc) is 3.60. The largest absolute Gasteiger partial charge is 0.493 e. The van der Waals surface area contributed by atoms with Gasteiger partial charge in [-0.3, -0.25) is 14.5 Å². The van der Waals surface area contributed by atoms with E-state index in [4.69, 9.17) is 14.8 Å². The van der Waals surface area contributed by atoms with E-state index in [1.807, 2.05) is 26.0 Å². The first kappa shape index (κ1) is 26.0. The number of aromatic amines is 1. The SMILES string of the molecule is CCCOc1ccc(NS(=O)(=O)c2cccc3cccnc23)cc1-c1nn2c(C3CCCC3)nc(C)c2c(=O)[nH]1. The number of rotatable bonds is 8. The zero-order chi connectivity index (χ0) is 27.9. The first-order chi connectivity index (χ1) is 19.4. The summed E-state index contributed by atoms with van der Waals surface area (Å²) in [6.07, 6.45) is 6.60. The summed E-state index contributed by atoms with van der Waals surface area (Å²) in [6.45, 7) is 4.26. The number of anilines is 1. The minimum absolute atomic E-state index is 0.0708. The number of fused-ring (bicyclic) bond motifs is 2. The number of imidazole rings is 1. The Kier molecular flexibility index (Phi) is 6.75. The molecule has 1 fully saturated rings. The second-order valence-electron chi connectivity index (χ2n) is 10.1. The van der Waals surface area contributed by atoms with Gasteiger partial charge in [0.15, 0.2) is 11.3 Å². The van der Waals surface area contributed by atoms with Crippen molar-refractivity contribution in [3.05, 3.63) is 76.6 Å². The summed E-state index contributed by atoms with van der Waals surface area (Å²) in [5, 5.41) is 5.53. The Hall–Kier alpha value is -4.25. The normalized spacial score (nSPS) is 14.2. The van der Waals surface area contributed by atoms with Crippen LogP contribution in [0.15, 0.2) is 64.4 Å². The van der Waals surface area contributed by atoms with Crippen LogP contribution >= 0.6 is 0 Å². The van der Waals surface area contributed by atoms with Gasteiger partial charge in [0.25, 0.3) is 15.6 Å². The molecule has 206 valence electrons. The lowest BCUT2D eigenvalue weighted by Gasteiger charge is -2.15. The van der Waals surface area contributed by atoms with Gasteiger partial charge < -0.3 is 9.72 Å². The molecule has 2 aromatic carbocycles. The molecule has 0 aliphatic heterocycles. The zero-order valence-corrected chi connectivity index (χ0v) is 23.2. The summed E-state index contributed by atoms with van der Waals surface area (Å²) in [5.74, 6) is 1.78. The summed E-state index contributed by atoms with van der Waals surface area (Å²) in [4.78, 5) is 25.2. The van der Waals surface area contributed by atoms with E-state index in [-0.39, 0.29) is 22.2 Å². The molecule has 0 bridgehead atoms. The number of ether oxygens (including phenoxy) is 1. The third-order valence-corrected chi connectivity index (χ3v) is 8.67. The number of H-pyrrole nitrogens is 1. The fourth-order valence-electron chi connectivity index (χ4n) is 5.38. The van der Waals surface area contributed by atoms with Gasteiger partial charge in [-0.25, -0.2) is 17.9 Å². The molecule has 3 heterocycles. The van der Waals surface area contributed by atoms with Crippen molar-refractivity contribution in [3.63, 3.8) is 0 Å². The van der Waals surface area contributed by atoms with Crippen molar-refractivity contribution in [1.82, 2.24) is 24.6 Å². The van der Waals surface area contributed by atoms with Crippen LogP contribution in [-0.2, 0) is 10.0 Å². The van der Waals surface area contributed by atoms with Crippen LogP contribution in [0.3, 0.4) is 0 Å². The summed E-state index contributed by atoms with van der Waals surface area (Å²) in [6, 6.07) is 13.5. The third kappa shape index (κ3) is 4.70. The molecule has 10 nitrogen and oxygen atoms in total. The predicted octanol–water partition coefficient (Wildman–Crippen LogP) is 5.19. The molecule has 11 heteroatoms. The topological polar surface area (TPSA) is 131 Å². The van der Waals surface area contributed by atoms with Gasteiger partial charge in [-0.2, -0.15) is 0 Å². The van der Waals surface area contributed by atoms with Crippen molar-refractivity contribution >= 4 is 32.1 Å². The Labute approximate surface area is 231 Å². The van der Waals surface area contributed by atoms with Crippen LogP contribution in [0, 0.1) is 6.92 Å². The quantitative estimate of drug-likeness (QED) is 0.268. The number of benzene rings is 2. The van der Waals surface area contributed by atoms with E-state index < -0.39 is 10.0 Å². The number of pyridine rings is 1. The van der Waals surface area contributed by atoms with Gasteiger partial charge in [-0.05, 0) is 56.5 Å². The summed E-state index contributed by atoms with van der Waals surface area (Å²) in [7, 11) is -3.99. The average molecular weight is 559 g/mol. The lowest BCUT2D eigenvalue weighted by Crippen LogP contribution is -2.17. The highest BCUT2D eigenvalue weighted by Crippen LogP contribution is 2.35. The van der Waals surface area contributed by atoms with Gasteiger partial charge in [-0.15, -0.1) is 5.10 Å². The van der Waals surface area contributed by atoms with Crippen LogP contribution in [-0.4, -0.2) is 39.6 Å². The minimum Gasteiger partial charge on any atom is -0.493 e. The maximum Gasteiger partial charge on any atom is 0.277 e. The maximum absolute atomic E-state index is 13.5. The lowest BCUT2D eigenvalue weighted by atomic mass is 10.1. The molecule has 1 saturated carbocycles. The second-order valence-corrected chi connectivity index (χ2v) is 11.7. The van der Waals surface area contributed by atoms with E-state index in [0.717, 1.165) is 43.3 Å². The smallest absolute Gasteiger partial charge is 0.277 e. The number of sulfonamides is 1. The predicted molar refractivity (Wildman–Crippen MR) is 153 cm³/mol. The molecule has 0 amide bonds. The minimum atomic E-state index is -3.99. The molecule has 0 radical (unpaired) electrons. The van der Waals surface area contributed by atoms with Crippen LogP contribution in [0.5, 0.6) is 5.75 Å². The standard InChI is InChI=1S/C29H30N6O4S/c1-3-16-39-23-14-13-21(34-40(37,38)24-12-6-10-19-11-7-15-30-25(19)24)17-22(23)27-32-29(36)26-18(2)31-28(35(26)33-27)20-8-4-5-9-20/h6-7,10-15,17,20,34H,3-5,8-9,16H2,1-2H3,(H,32,33,36). The van der Waals surface area contributed by atoms with E-state index in [1.54, 1.807) is 41.0 Å². The van der Waals surface area contributed by atoms with Gasteiger partial charge in [-0.1, -0.05) is 38.0 Å². The monoisotopic (exact) mass is 558 g/mol. The van der Waals surface area contributed by atoms with Crippen molar-refractivity contribution in [3.8, 4) is 17.1 Å². The van der Waals surface area contributed by atoms with Gasteiger partial charge in [0, 0.05) is 23.2 Å². The van der Waals surface area contributed by atoms with Gasteiger partial charge in [0.1, 0.15) is 16.5 Å². The molecule has 0 atom stereocenters. The highest BCUT2D eigenvalue weighted by atomic mass is 32.2. The summed E-state index contributed by atoms with van der Waals surface area (Å²) < 4.78 is 37.3. The Morgan fingerprint density at radius 3 is 2.73 bits per heavy atom. The van der Waals surface area contributed by atoms with Gasteiger partial charge >= 0.3 is 0 Å². The Balaban J connectivity index is 1.45. The molecule has 0 saturated heterocycles. The number of nitrogens with one attached hydrogen (secondary N) is 2. The molecule has 2 N–H and O–H groups in total. The van der Waals surface area contributed by atoms with E-state index in [2.05, 4.69) is 14.7 Å². The van der Waals surface area contributed by atoms with Gasteiger partial charge in [0.05, 0.1) is 23.4 Å². The Morgan fingerprint density at radius 1 is 1.12 bits per heavy atom. The van der Waals surface area contributed by atoms with Crippen LogP contribution in [0.1, 0.15) is 56.5 Å². The lowest BCUT2D eigenvalue weighted by molar-refractivity contribution is 0.318. The molecule has 6 rings (SSSR count). The number of aromatic nitrogens is 5. The highest BCUT2D eigenvalue weighted by molar-refractivity contribution is 7.93. The molecule has 1 aliphatic carbocycles. The molecule has 0 spiro atoms. The van der Waals surface area contributed by atoms with Crippen molar-refractivity contribution in [2.75, 3.05) is 11.3 Å². The molecule has 3 aromatic heterocycles. The first-order valence-corrected chi connectivity index (χ1v) is 15.0. The van der Waals surface area contributed by atoms with E-state index >= 15 is 0 Å². The molecule has 5 aromatic rings. The maximum atomic E-state index is 13.5. The van der Waals surface area contributed by atoms with E-state index in [9.17, 15) is 13.2 Å². The molecule has 40 heavy (non-hydrogen) atoms. The van der Waals surface area contributed by atoms with Gasteiger partial charge in [0.2, 0.25) is 0 Å². The van der Waals surface area contributed by atoms with E-state index in [0.29, 0.717) is 40.3 Å². The number of nitrogens with zero attached hydrogens (tertiary/aromatic N) is 4. The number of hydrogen-bond acceptors (Lipinski definition) is 7. The molecule has 0 unspecified atom stereocenters. The van der Waals surface area contributed by atoms with Crippen LogP contribution in [0.4, 0.5) is 5.69 Å². The van der Waals surface area contributed by atoms with Crippen molar-refractivity contribution < 1.29 is 13.2 Å². The highest BCUT2D eigenvalue weighted by Gasteiger charge is 2.26. The van der Waals surface area contributed by atoms with Crippen molar-refractivity contribution in [1.29, 1.82) is 0 Å². The van der Waals surface area contributed by atoms with Crippen molar-refractivity contribution in [2.24, 2.45) is 0 Å². The fourth-order valence-corrected chi connectivity index (χ4v) is 6.61. The van der Waals surface area contributed by atoms with E-state index in [1.165, 1.54) is 6.07 Å². The van der Waals surface area contributed by atoms with Crippen molar-refractivity contribution in [2.45, 2.75) is 56.8 Å². The number of para-hydroxylation sites is 1. The summed E-state index contributed by atoms with van der Waals surface area (Å²) in [5.41, 5.74) is 1.89.